The number of aliphatic imine (C=N–C) groups is 1. The molecular weight excluding hydrogens is 1550 g/mol. The third-order valence-corrected chi connectivity index (χ3v) is 17.9. The van der Waals surface area contributed by atoms with Gasteiger partial charge in [-0.3, -0.25) is 66.8 Å². The summed E-state index contributed by atoms with van der Waals surface area (Å²) >= 11 is 0. The van der Waals surface area contributed by atoms with Gasteiger partial charge in [0.15, 0.2) is 17.1 Å². The summed E-state index contributed by atoms with van der Waals surface area (Å²) in [5.74, 6) is 2.51. The van der Waals surface area contributed by atoms with Gasteiger partial charge in [-0.15, -0.1) is 0 Å². The van der Waals surface area contributed by atoms with Crippen molar-refractivity contribution >= 4 is 74.4 Å². The van der Waals surface area contributed by atoms with Crippen LogP contribution in [0.2, 0.25) is 0 Å². The van der Waals surface area contributed by atoms with E-state index in [0.717, 1.165) is 28.1 Å². The molecule has 0 bridgehead atoms. The molecule has 12 aromatic heterocycles. The molecule has 38 heteroatoms. The van der Waals surface area contributed by atoms with Crippen LogP contribution in [-0.2, 0) is 38.8 Å². The van der Waals surface area contributed by atoms with E-state index in [1.807, 2.05) is 157 Å². The lowest BCUT2D eigenvalue weighted by molar-refractivity contribution is 0.375. The zero-order chi connectivity index (χ0) is 92.4. The van der Waals surface area contributed by atoms with Gasteiger partial charge in [0.05, 0.1) is 29.4 Å². The number of rotatable bonds is 1. The van der Waals surface area contributed by atoms with Gasteiger partial charge in [0, 0.05) is 123 Å². The van der Waals surface area contributed by atoms with E-state index in [1.165, 1.54) is 26.0 Å². The van der Waals surface area contributed by atoms with Gasteiger partial charge >= 0.3 is 28.4 Å². The fourth-order valence-electron chi connectivity index (χ4n) is 11.3. The topological polar surface area (TPSA) is 548 Å². The van der Waals surface area contributed by atoms with E-state index in [2.05, 4.69) is 137 Å². The molecule has 0 saturated carbocycles. The van der Waals surface area contributed by atoms with Crippen molar-refractivity contribution < 1.29 is 0 Å². The van der Waals surface area contributed by atoms with Crippen LogP contribution in [0.25, 0.3) is 33.4 Å². The summed E-state index contributed by atoms with van der Waals surface area (Å²) in [5.41, 5.74) is 31.1. The molecule has 1 aliphatic rings. The third kappa shape index (κ3) is 26.5. The molecule has 0 saturated heterocycles. The summed E-state index contributed by atoms with van der Waals surface area (Å²) in [6.07, 6.45) is 17.0. The quantitative estimate of drug-likeness (QED) is 0.0732. The van der Waals surface area contributed by atoms with E-state index in [-0.39, 0.29) is 124 Å². The van der Waals surface area contributed by atoms with Gasteiger partial charge in [0.2, 0.25) is 5.95 Å². The molecule has 1 atom stereocenters. The molecule has 13 heterocycles. The van der Waals surface area contributed by atoms with Crippen molar-refractivity contribution in [1.82, 2.24) is 106 Å². The number of nitrogen functional groups attached to an aromatic ring is 5. The minimum absolute atomic E-state index is 0.0183. The normalized spacial score (nSPS) is 12.7. The molecule has 0 fully saturated rings. The first-order valence-electron chi connectivity index (χ1n) is 38.9. The van der Waals surface area contributed by atoms with Crippen LogP contribution in [-0.4, -0.2) is 113 Å². The maximum atomic E-state index is 11.6. The second-order valence-electron chi connectivity index (χ2n) is 37.2. The minimum Gasteiger partial charge on any atom is -0.397 e. The third-order valence-electron chi connectivity index (χ3n) is 17.9. The predicted molar refractivity (Wildman–Crippen MR) is 480 cm³/mol. The van der Waals surface area contributed by atoms with Crippen molar-refractivity contribution in [1.29, 1.82) is 0 Å². The summed E-state index contributed by atoms with van der Waals surface area (Å²) in [5, 5.41) is 0.649. The fraction of sp³-hybridized carbons (Fsp3) is 0.494. The van der Waals surface area contributed by atoms with E-state index in [9.17, 15) is 47.9 Å². The lowest BCUT2D eigenvalue weighted by Gasteiger charge is -2.24. The Kier molecular flexibility index (Phi) is 30.9. The maximum absolute atomic E-state index is 11.6. The number of pyridine rings is 1. The lowest BCUT2D eigenvalue weighted by atomic mass is 9.80. The molecule has 15 N–H and O–H groups in total. The maximum Gasteiger partial charge on any atom is 0.349 e. The van der Waals surface area contributed by atoms with Crippen molar-refractivity contribution in [3.63, 3.8) is 0 Å². The van der Waals surface area contributed by atoms with E-state index < -0.39 is 0 Å². The number of nitrogens with two attached hydrogens (primary N) is 5. The van der Waals surface area contributed by atoms with Crippen LogP contribution >= 0.6 is 0 Å². The number of hydrogen-bond acceptors (Lipinski definition) is 25. The molecule has 1 aliphatic heterocycles. The lowest BCUT2D eigenvalue weighted by Crippen LogP contribution is -2.39. The zero-order valence-electron chi connectivity index (χ0n) is 75.8. The van der Waals surface area contributed by atoms with E-state index in [4.69, 9.17) is 28.7 Å². The summed E-state index contributed by atoms with van der Waals surface area (Å²) < 4.78 is 13.6. The highest BCUT2D eigenvalue weighted by atomic mass is 16.2. The van der Waals surface area contributed by atoms with Crippen LogP contribution in [0.4, 0.5) is 34.8 Å². The molecule has 0 aliphatic carbocycles. The Labute approximate surface area is 700 Å². The van der Waals surface area contributed by atoms with Crippen LogP contribution in [0.3, 0.4) is 0 Å². The molecule has 13 rings (SSSR count). The smallest absolute Gasteiger partial charge is 0.349 e. The van der Waals surface area contributed by atoms with Crippen LogP contribution in [0.1, 0.15) is 226 Å². The van der Waals surface area contributed by atoms with Crippen molar-refractivity contribution in [3.05, 3.63) is 219 Å². The number of H-pyrrole nitrogens is 5. The summed E-state index contributed by atoms with van der Waals surface area (Å²) in [4.78, 5) is 166. The molecular formula is C83H124N28O10. The molecule has 121 heavy (non-hydrogen) atoms. The number of aromatic nitrogens is 22. The van der Waals surface area contributed by atoms with Crippen molar-refractivity contribution in [2.45, 2.75) is 265 Å². The summed E-state index contributed by atoms with van der Waals surface area (Å²) in [7, 11) is 0. The van der Waals surface area contributed by atoms with Crippen molar-refractivity contribution in [2.24, 2.45) is 10.4 Å². The van der Waals surface area contributed by atoms with Crippen LogP contribution in [0, 0.1) is 40.0 Å². The Morgan fingerprint density at radius 2 is 0.843 bits per heavy atom. The van der Waals surface area contributed by atoms with Crippen LogP contribution < -0.4 is 84.9 Å². The Morgan fingerprint density at radius 1 is 0.388 bits per heavy atom. The first-order chi connectivity index (χ1) is 55.2. The average molecular weight is 1670 g/mol. The van der Waals surface area contributed by atoms with Gasteiger partial charge in [-0.2, -0.15) is 19.9 Å². The number of imidazole rings is 2. The highest BCUT2D eigenvalue weighted by molar-refractivity contribution is 5.84. The fourth-order valence-corrected chi connectivity index (χ4v) is 11.3. The Hall–Kier alpha value is -13.1. The van der Waals surface area contributed by atoms with Gasteiger partial charge < -0.3 is 52.3 Å². The Bertz CT molecular complexity index is 6250. The van der Waals surface area contributed by atoms with Gasteiger partial charge in [-0.1, -0.05) is 20.8 Å². The van der Waals surface area contributed by atoms with Crippen molar-refractivity contribution in [2.75, 3.05) is 28.7 Å². The number of aryl methyl sites for hydroxylation is 5. The predicted octanol–water partition coefficient (Wildman–Crippen LogP) is 9.01. The Morgan fingerprint density at radius 3 is 1.32 bits per heavy atom. The van der Waals surface area contributed by atoms with E-state index in [1.54, 1.807) is 92.6 Å². The van der Waals surface area contributed by atoms with E-state index in [0.29, 0.717) is 62.3 Å². The molecule has 0 radical (unpaired) electrons. The van der Waals surface area contributed by atoms with Gasteiger partial charge in [-0.05, 0) is 217 Å². The number of nitrogens with zero attached hydrogens (tertiary/aromatic N) is 18. The zero-order valence-corrected chi connectivity index (χ0v) is 75.8. The standard InChI is InChI=1S/2C11H15N3O.C10H14N4.C9H15N3O.2C9H14N2O2.C8H12N6.C8H13N3O.C8H12N2O2/c1-7-12-9-8(10(15)13-7)5-6-14(9)11(2,3)4;1-6-13-8-7(11(2,3)4)5-12-9(8)10(15)14-6;1-10(2,3)14-6-13-8-7(11)4-5-12-9(8)14;1-6-5-12(9(2,3)4)8(13)11-7(6)10;2*1-6-5-11(9(2,3)4)8(13)10-7(6)12;1-4(2)14-3-11-5-6(9)12-8(10)13-7(5)14;1-8(2,3)11-5-4-6(9)10-7(11)12;1-8(2,3)10-5-4-6(11)9-7(10)12/h5-6H,1-4H3,(H,12,13,15);5,7H,1-4H3,(H,13,14,15);4-6H,1-3H3,(H2,11,12);5H,1-4H3,(H2,10,11,13);2*5H,1-4H3,(H,10,12,13);3-4H,1-2H3,(H4,9,10,12,13);4-5H,1-3H3,(H2,9,10,12);4-5H,1-3H3,(H,9,11,12). The molecule has 0 spiro atoms. The number of nitrogens with one attached hydrogen (secondary N) is 5. The Balaban J connectivity index is 0.000000242. The van der Waals surface area contributed by atoms with Crippen molar-refractivity contribution in [3.8, 4) is 0 Å². The molecule has 1 unspecified atom stereocenters. The molecule has 656 valence electrons. The number of fused-ring (bicyclic) bond motifs is 4. The van der Waals surface area contributed by atoms with Gasteiger partial charge in [-0.25, -0.2) is 48.9 Å². The van der Waals surface area contributed by atoms with E-state index >= 15 is 0 Å². The molecule has 38 nitrogen and oxygen atoms in total. The molecule has 12 aromatic rings. The summed E-state index contributed by atoms with van der Waals surface area (Å²) in [6.45, 7) is 60.6. The number of hydrogen-bond donors (Lipinski definition) is 10. The number of aromatic amines is 5. The SMILES string of the molecule is CC(C)(C)n1ccc(=O)[nH]c1=O.CC(C)(C)n1ccc(N)nc1=O.CC(C)(C)n1cnc2c(N)ccnc21.CC(C)n1cnc2c(N)nc(N)nc21.Cc1cn(C(C)(C)C)c(=O)[nH]c1=O.Cc1cn(C(C)(C)C)c(=O)[nH]c1=O.Cc1cn(C(C)(C)C)c(=O)nc1N.Cc1nc2c(c(=O)[nH]1)N=CC2C(C)(C)C.Cc1nc2c(ccn2C(C)(C)C)c(=O)[nH]1. The summed E-state index contributed by atoms with van der Waals surface area (Å²) in [6, 6.07) is 6.81. The average Bonchev–Trinajstić information content (AvgIpc) is 1.63. The second-order valence-corrected chi connectivity index (χ2v) is 37.2. The van der Waals surface area contributed by atoms with Gasteiger partial charge in [0.1, 0.15) is 45.7 Å². The largest absolute Gasteiger partial charge is 0.397 e. The van der Waals surface area contributed by atoms with Gasteiger partial charge in [0.25, 0.3) is 27.8 Å². The first kappa shape index (κ1) is 98.5. The van der Waals surface area contributed by atoms with Crippen LogP contribution in [0.15, 0.2) is 133 Å². The first-order valence-corrected chi connectivity index (χ1v) is 38.9. The highest BCUT2D eigenvalue weighted by Gasteiger charge is 2.33. The molecule has 0 aromatic carbocycles. The minimum atomic E-state index is -0.366. The molecule has 0 amide bonds. The highest BCUT2D eigenvalue weighted by Crippen LogP contribution is 2.39. The monoisotopic (exact) mass is 1670 g/mol. The number of anilines is 5. The van der Waals surface area contributed by atoms with Crippen LogP contribution in [0.5, 0.6) is 0 Å². The second kappa shape index (κ2) is 37.9.